The first-order valence-electron chi connectivity index (χ1n) is 10.00. The first-order chi connectivity index (χ1) is 15.5. The van der Waals surface area contributed by atoms with Crippen molar-refractivity contribution in [3.63, 3.8) is 0 Å². The van der Waals surface area contributed by atoms with E-state index in [1.807, 2.05) is 24.3 Å². The molecule has 7 nitrogen and oxygen atoms in total. The molecule has 0 fully saturated rings. The molecule has 3 N–H and O–H groups in total. The number of aliphatic hydroxyl groups excluding tert-OH is 1. The van der Waals surface area contributed by atoms with Gasteiger partial charge >= 0.3 is 0 Å². The highest BCUT2D eigenvalue weighted by Gasteiger charge is 2.14. The number of hydrogen-bond donors (Lipinski definition) is 3. The van der Waals surface area contributed by atoms with Crippen LogP contribution in [0.15, 0.2) is 88.1 Å². The van der Waals surface area contributed by atoms with Crippen molar-refractivity contribution in [3.8, 4) is 22.8 Å². The molecule has 0 spiro atoms. The molecule has 4 rings (SSSR count). The summed E-state index contributed by atoms with van der Waals surface area (Å²) in [7, 11) is 0. The standard InChI is InChI=1S/C25H21NO6/c27-19-11-18(31-15-24(30)26-14-21(29)16-7-3-1-4-8-16)12-23-25(19)20(28)13-22(32-23)17-9-5-2-6-10-17/h1-13,21,27,29H,14-15H2,(H,26,30)/t21-/m0/s1. The van der Waals surface area contributed by atoms with Crippen LogP contribution in [0.2, 0.25) is 0 Å². The largest absolute Gasteiger partial charge is 0.507 e. The predicted octanol–water partition coefficient (Wildman–Crippen LogP) is 3.39. The third-order valence-corrected chi connectivity index (χ3v) is 4.89. The number of hydrogen-bond acceptors (Lipinski definition) is 6. The molecule has 0 bridgehead atoms. The molecule has 0 saturated carbocycles. The highest BCUT2D eigenvalue weighted by atomic mass is 16.5. The van der Waals surface area contributed by atoms with E-state index in [4.69, 9.17) is 9.15 Å². The minimum atomic E-state index is -0.837. The number of fused-ring (bicyclic) bond motifs is 1. The number of phenols is 1. The Morgan fingerprint density at radius 2 is 1.69 bits per heavy atom. The van der Waals surface area contributed by atoms with E-state index in [0.717, 1.165) is 0 Å². The van der Waals surface area contributed by atoms with Gasteiger partial charge in [0.2, 0.25) is 0 Å². The summed E-state index contributed by atoms with van der Waals surface area (Å²) in [4.78, 5) is 24.6. The molecule has 0 unspecified atom stereocenters. The maximum absolute atomic E-state index is 12.5. The van der Waals surface area contributed by atoms with Crippen LogP contribution in [-0.4, -0.2) is 29.3 Å². The summed E-state index contributed by atoms with van der Waals surface area (Å²) in [6.45, 7) is -0.306. The molecule has 4 aromatic rings. The highest BCUT2D eigenvalue weighted by Crippen LogP contribution is 2.31. The van der Waals surface area contributed by atoms with E-state index in [2.05, 4.69) is 5.32 Å². The van der Waals surface area contributed by atoms with Gasteiger partial charge < -0.3 is 24.7 Å². The van der Waals surface area contributed by atoms with Crippen LogP contribution < -0.4 is 15.5 Å². The van der Waals surface area contributed by atoms with Gasteiger partial charge in [0.1, 0.15) is 28.2 Å². The summed E-state index contributed by atoms with van der Waals surface area (Å²) in [6.07, 6.45) is -0.837. The third-order valence-electron chi connectivity index (χ3n) is 4.89. The number of aromatic hydroxyl groups is 1. The van der Waals surface area contributed by atoms with E-state index in [1.54, 1.807) is 36.4 Å². The van der Waals surface area contributed by atoms with Crippen molar-refractivity contribution in [2.75, 3.05) is 13.2 Å². The summed E-state index contributed by atoms with van der Waals surface area (Å²) in [5.74, 6) is -0.223. The van der Waals surface area contributed by atoms with Gasteiger partial charge in [-0.25, -0.2) is 0 Å². The predicted molar refractivity (Wildman–Crippen MR) is 119 cm³/mol. The Balaban J connectivity index is 1.46. The van der Waals surface area contributed by atoms with E-state index in [0.29, 0.717) is 16.9 Å². The van der Waals surface area contributed by atoms with Gasteiger partial charge in [0.25, 0.3) is 5.91 Å². The van der Waals surface area contributed by atoms with Crippen LogP contribution in [0.4, 0.5) is 0 Å². The molecule has 0 radical (unpaired) electrons. The third kappa shape index (κ3) is 4.79. The lowest BCUT2D eigenvalue weighted by Gasteiger charge is -2.13. The van der Waals surface area contributed by atoms with Crippen molar-refractivity contribution in [1.29, 1.82) is 0 Å². The summed E-state index contributed by atoms with van der Waals surface area (Å²) in [5.41, 5.74) is 1.17. The Morgan fingerprint density at radius 1 is 1.00 bits per heavy atom. The SMILES string of the molecule is O=C(COc1cc(O)c2c(=O)cc(-c3ccccc3)oc2c1)NC[C@H](O)c1ccccc1. The molecule has 0 saturated heterocycles. The number of aliphatic hydroxyl groups is 1. The molecular weight excluding hydrogens is 410 g/mol. The molecule has 1 amide bonds. The minimum Gasteiger partial charge on any atom is -0.507 e. The molecule has 1 atom stereocenters. The van der Waals surface area contributed by atoms with Crippen molar-refractivity contribution < 1.29 is 24.2 Å². The van der Waals surface area contributed by atoms with Crippen LogP contribution in [0.1, 0.15) is 11.7 Å². The van der Waals surface area contributed by atoms with Crippen LogP contribution in [0, 0.1) is 0 Å². The molecule has 0 aliphatic rings. The van der Waals surface area contributed by atoms with Gasteiger partial charge in [0.15, 0.2) is 12.0 Å². The molecule has 0 aliphatic heterocycles. The minimum absolute atomic E-state index is 0.0322. The second-order valence-electron chi connectivity index (χ2n) is 7.18. The first-order valence-corrected chi connectivity index (χ1v) is 10.00. The summed E-state index contributed by atoms with van der Waals surface area (Å²) in [5, 5.41) is 23.0. The van der Waals surface area contributed by atoms with Crippen molar-refractivity contribution in [1.82, 2.24) is 5.32 Å². The Labute approximate surface area is 183 Å². The number of rotatable bonds is 7. The summed E-state index contributed by atoms with van der Waals surface area (Å²) < 4.78 is 11.3. The van der Waals surface area contributed by atoms with Gasteiger partial charge in [-0.1, -0.05) is 60.7 Å². The Bertz CT molecular complexity index is 1280. The average Bonchev–Trinajstić information content (AvgIpc) is 2.81. The molecule has 0 aliphatic carbocycles. The van der Waals surface area contributed by atoms with E-state index in [9.17, 15) is 19.8 Å². The smallest absolute Gasteiger partial charge is 0.258 e. The summed E-state index contributed by atoms with van der Waals surface area (Å²) in [6, 6.07) is 22.1. The number of phenolic OH excluding ortho intramolecular Hbond substituents is 1. The van der Waals surface area contributed by atoms with Gasteiger partial charge in [-0.2, -0.15) is 0 Å². The van der Waals surface area contributed by atoms with Crippen LogP contribution in [-0.2, 0) is 4.79 Å². The van der Waals surface area contributed by atoms with Crippen molar-refractivity contribution >= 4 is 16.9 Å². The van der Waals surface area contributed by atoms with E-state index in [1.165, 1.54) is 18.2 Å². The lowest BCUT2D eigenvalue weighted by molar-refractivity contribution is -0.123. The second-order valence-corrected chi connectivity index (χ2v) is 7.18. The Morgan fingerprint density at radius 3 is 2.41 bits per heavy atom. The number of ether oxygens (including phenoxy) is 1. The fourth-order valence-corrected chi connectivity index (χ4v) is 3.27. The lowest BCUT2D eigenvalue weighted by atomic mass is 10.1. The Kier molecular flexibility index (Phi) is 6.19. The quantitative estimate of drug-likeness (QED) is 0.414. The number of benzene rings is 3. The highest BCUT2D eigenvalue weighted by molar-refractivity contribution is 5.86. The first kappa shape index (κ1) is 21.1. The van der Waals surface area contributed by atoms with Crippen LogP contribution in [0.3, 0.4) is 0 Å². The molecule has 3 aromatic carbocycles. The van der Waals surface area contributed by atoms with Gasteiger partial charge in [0.05, 0.1) is 6.10 Å². The molecule has 1 aromatic heterocycles. The molecular formula is C25H21NO6. The van der Waals surface area contributed by atoms with Crippen molar-refractivity contribution in [2.24, 2.45) is 0 Å². The molecule has 1 heterocycles. The Hall–Kier alpha value is -4.10. The average molecular weight is 431 g/mol. The van der Waals surface area contributed by atoms with Gasteiger partial charge in [-0.15, -0.1) is 0 Å². The van der Waals surface area contributed by atoms with Crippen LogP contribution in [0.25, 0.3) is 22.3 Å². The van der Waals surface area contributed by atoms with Gasteiger partial charge in [-0.3, -0.25) is 9.59 Å². The van der Waals surface area contributed by atoms with Crippen molar-refractivity contribution in [2.45, 2.75) is 6.10 Å². The zero-order valence-electron chi connectivity index (χ0n) is 17.0. The van der Waals surface area contributed by atoms with E-state index in [-0.39, 0.29) is 41.0 Å². The van der Waals surface area contributed by atoms with E-state index >= 15 is 0 Å². The van der Waals surface area contributed by atoms with Crippen LogP contribution >= 0.6 is 0 Å². The molecule has 7 heteroatoms. The maximum atomic E-state index is 12.5. The number of amides is 1. The fraction of sp³-hybridized carbons (Fsp3) is 0.120. The number of nitrogens with one attached hydrogen (secondary N) is 1. The van der Waals surface area contributed by atoms with Gasteiger partial charge in [-0.05, 0) is 5.56 Å². The number of carbonyl (C=O) groups is 1. The zero-order valence-corrected chi connectivity index (χ0v) is 17.0. The van der Waals surface area contributed by atoms with Crippen molar-refractivity contribution in [3.05, 3.63) is 94.6 Å². The van der Waals surface area contributed by atoms with Crippen LogP contribution in [0.5, 0.6) is 11.5 Å². The number of carbonyl (C=O) groups excluding carboxylic acids is 1. The molecule has 32 heavy (non-hydrogen) atoms. The van der Waals surface area contributed by atoms with E-state index < -0.39 is 12.0 Å². The van der Waals surface area contributed by atoms with Gasteiger partial charge in [0, 0.05) is 30.3 Å². The normalized spacial score (nSPS) is 11.8. The lowest BCUT2D eigenvalue weighted by Crippen LogP contribution is -2.32. The molecule has 162 valence electrons. The zero-order chi connectivity index (χ0) is 22.5. The maximum Gasteiger partial charge on any atom is 0.258 e. The monoisotopic (exact) mass is 431 g/mol. The fourth-order valence-electron chi connectivity index (χ4n) is 3.27. The topological polar surface area (TPSA) is 109 Å². The summed E-state index contributed by atoms with van der Waals surface area (Å²) >= 11 is 0. The second kappa shape index (κ2) is 9.36.